The molecule has 4 aromatic rings. The lowest BCUT2D eigenvalue weighted by Gasteiger charge is -2.21. The van der Waals surface area contributed by atoms with Crippen LogP contribution in [0.4, 0.5) is 0 Å². The number of H-pyrrole nitrogens is 1. The van der Waals surface area contributed by atoms with Gasteiger partial charge in [0.1, 0.15) is 0 Å². The monoisotopic (exact) mass is 397 g/mol. The van der Waals surface area contributed by atoms with Crippen molar-refractivity contribution in [3.8, 4) is 16.9 Å². The van der Waals surface area contributed by atoms with Crippen molar-refractivity contribution in [2.75, 3.05) is 0 Å². The second-order valence-electron chi connectivity index (χ2n) is 7.31. The van der Waals surface area contributed by atoms with Gasteiger partial charge in [-0.1, -0.05) is 48.5 Å². The topological polar surface area (TPSA) is 83.9 Å². The number of benzene rings is 2. The highest BCUT2D eigenvalue weighted by Gasteiger charge is 2.26. The van der Waals surface area contributed by atoms with Crippen LogP contribution in [-0.2, 0) is 13.1 Å². The number of carbonyl (C=O) groups is 1. The van der Waals surface area contributed by atoms with E-state index in [1.54, 1.807) is 16.9 Å². The molecule has 0 atom stereocenters. The molecular formula is C23H19N5O2. The molecule has 0 saturated carbocycles. The first-order valence-electron chi connectivity index (χ1n) is 9.68. The maximum atomic E-state index is 13.5. The Balaban J connectivity index is 1.53. The van der Waals surface area contributed by atoms with Gasteiger partial charge in [0, 0.05) is 19.2 Å². The van der Waals surface area contributed by atoms with Crippen molar-refractivity contribution in [3.63, 3.8) is 0 Å². The maximum absolute atomic E-state index is 13.5. The van der Waals surface area contributed by atoms with E-state index >= 15 is 0 Å². The van der Waals surface area contributed by atoms with Crippen LogP contribution in [0, 0.1) is 6.92 Å². The fourth-order valence-corrected chi connectivity index (χ4v) is 3.93. The fraction of sp³-hybridized carbons (Fsp3) is 0.130. The highest BCUT2D eigenvalue weighted by Crippen LogP contribution is 2.33. The van der Waals surface area contributed by atoms with E-state index < -0.39 is 0 Å². The second kappa shape index (κ2) is 7.11. The summed E-state index contributed by atoms with van der Waals surface area (Å²) in [4.78, 5) is 26.6. The van der Waals surface area contributed by atoms with Crippen molar-refractivity contribution in [1.29, 1.82) is 0 Å². The Labute approximate surface area is 172 Å². The van der Waals surface area contributed by atoms with E-state index in [1.807, 2.05) is 36.1 Å². The number of nitrogens with one attached hydrogen (secondary N) is 1. The lowest BCUT2D eigenvalue weighted by atomic mass is 9.97. The molecule has 0 radical (unpaired) electrons. The number of hydrogen-bond donors (Lipinski definition) is 1. The summed E-state index contributed by atoms with van der Waals surface area (Å²) in [5.74, 6) is 0.368. The first-order valence-corrected chi connectivity index (χ1v) is 9.68. The summed E-state index contributed by atoms with van der Waals surface area (Å²) in [5.41, 5.74) is 5.44. The zero-order valence-corrected chi connectivity index (χ0v) is 16.4. The van der Waals surface area contributed by atoms with Gasteiger partial charge in [-0.2, -0.15) is 10.2 Å². The van der Waals surface area contributed by atoms with Crippen LogP contribution in [0.5, 0.6) is 0 Å². The van der Waals surface area contributed by atoms with Crippen molar-refractivity contribution < 1.29 is 4.79 Å². The second-order valence-corrected chi connectivity index (χ2v) is 7.31. The molecule has 0 aliphatic carbocycles. The Hall–Kier alpha value is -4.00. The van der Waals surface area contributed by atoms with E-state index in [0.717, 1.165) is 22.3 Å². The number of aromatic nitrogens is 4. The molecular weight excluding hydrogens is 378 g/mol. The summed E-state index contributed by atoms with van der Waals surface area (Å²) in [5, 5.41) is 10.7. The van der Waals surface area contributed by atoms with E-state index in [4.69, 9.17) is 0 Å². The highest BCUT2D eigenvalue weighted by atomic mass is 16.2. The minimum absolute atomic E-state index is 0.0883. The molecule has 3 heterocycles. The van der Waals surface area contributed by atoms with E-state index in [1.165, 1.54) is 6.07 Å². The molecule has 5 rings (SSSR count). The molecule has 30 heavy (non-hydrogen) atoms. The summed E-state index contributed by atoms with van der Waals surface area (Å²) < 4.78 is 1.56. The normalized spacial score (nSPS) is 12.8. The third-order valence-corrected chi connectivity index (χ3v) is 5.46. The molecule has 7 heteroatoms. The average Bonchev–Trinajstić information content (AvgIpc) is 3.06. The molecule has 0 unspecified atom stereocenters. The smallest absolute Gasteiger partial charge is 0.264 e. The number of rotatable bonds is 2. The predicted molar refractivity (Wildman–Crippen MR) is 112 cm³/mol. The minimum Gasteiger partial charge on any atom is -0.330 e. The van der Waals surface area contributed by atoms with E-state index in [0.29, 0.717) is 30.2 Å². The quantitative estimate of drug-likeness (QED) is 0.563. The van der Waals surface area contributed by atoms with Crippen LogP contribution in [0.2, 0.25) is 0 Å². The van der Waals surface area contributed by atoms with Gasteiger partial charge in [-0.05, 0) is 35.2 Å². The number of amides is 1. The van der Waals surface area contributed by atoms with Gasteiger partial charge in [0.2, 0.25) is 0 Å². The van der Waals surface area contributed by atoms with Gasteiger partial charge in [0.25, 0.3) is 11.5 Å². The third kappa shape index (κ3) is 3.00. The van der Waals surface area contributed by atoms with Crippen LogP contribution in [-0.4, -0.2) is 30.8 Å². The van der Waals surface area contributed by atoms with Crippen molar-refractivity contribution in [3.05, 3.63) is 99.6 Å². The number of carbonyl (C=O) groups excluding carboxylic acids is 1. The van der Waals surface area contributed by atoms with Crippen LogP contribution in [0.1, 0.15) is 27.2 Å². The Morgan fingerprint density at radius 1 is 0.933 bits per heavy atom. The van der Waals surface area contributed by atoms with Crippen LogP contribution in [0.15, 0.2) is 71.7 Å². The van der Waals surface area contributed by atoms with Crippen molar-refractivity contribution >= 4 is 5.91 Å². The van der Waals surface area contributed by atoms with Gasteiger partial charge in [0.05, 0.1) is 17.5 Å². The summed E-state index contributed by atoms with van der Waals surface area (Å²) in [6, 6.07) is 19.4. The Morgan fingerprint density at radius 2 is 1.57 bits per heavy atom. The summed E-state index contributed by atoms with van der Waals surface area (Å²) in [7, 11) is 0. The van der Waals surface area contributed by atoms with Crippen molar-refractivity contribution in [2.45, 2.75) is 20.0 Å². The number of hydrogen-bond acceptors (Lipinski definition) is 4. The lowest BCUT2D eigenvalue weighted by molar-refractivity contribution is 0.0731. The largest absolute Gasteiger partial charge is 0.330 e. The fourth-order valence-electron chi connectivity index (χ4n) is 3.93. The molecule has 2 aromatic carbocycles. The third-order valence-electron chi connectivity index (χ3n) is 5.46. The average molecular weight is 397 g/mol. The minimum atomic E-state index is -0.290. The molecule has 1 amide bonds. The van der Waals surface area contributed by atoms with Gasteiger partial charge in [-0.3, -0.25) is 9.59 Å². The van der Waals surface area contributed by atoms with Crippen molar-refractivity contribution in [2.24, 2.45) is 0 Å². The first kappa shape index (κ1) is 18.1. The standard InChI is InChI=1S/C23H19N5O2/c1-15-20(12-24-28(15)21-10-11-22(29)26-25-21)23(30)27-13-16-6-2-4-8-18(16)19-9-5-3-7-17(19)14-27/h2-12H,13-14H2,1H3,(H,26,29). The SMILES string of the molecule is Cc1c(C(=O)N2Cc3ccccc3-c3ccccc3C2)cnn1-c1ccc(=O)[nH]n1. The zero-order chi connectivity index (χ0) is 20.7. The van der Waals surface area contributed by atoms with Crippen LogP contribution in [0.25, 0.3) is 16.9 Å². The summed E-state index contributed by atoms with van der Waals surface area (Å²) in [6.45, 7) is 2.86. The molecule has 0 spiro atoms. The van der Waals surface area contributed by atoms with E-state index in [2.05, 4.69) is 39.6 Å². The maximum Gasteiger partial charge on any atom is 0.264 e. The molecule has 0 fully saturated rings. The van der Waals surface area contributed by atoms with Gasteiger partial charge in [-0.25, -0.2) is 9.78 Å². The van der Waals surface area contributed by atoms with Gasteiger partial charge in [0.15, 0.2) is 5.82 Å². The highest BCUT2D eigenvalue weighted by molar-refractivity contribution is 5.95. The Morgan fingerprint density at radius 3 is 2.17 bits per heavy atom. The molecule has 2 aromatic heterocycles. The molecule has 0 bridgehead atoms. The Kier molecular flexibility index (Phi) is 4.28. The number of aromatic amines is 1. The zero-order valence-electron chi connectivity index (χ0n) is 16.4. The van der Waals surface area contributed by atoms with Crippen LogP contribution < -0.4 is 5.56 Å². The molecule has 1 N–H and O–H groups in total. The first-order chi connectivity index (χ1) is 14.6. The molecule has 0 saturated heterocycles. The van der Waals surface area contributed by atoms with Gasteiger partial charge >= 0.3 is 0 Å². The van der Waals surface area contributed by atoms with E-state index in [9.17, 15) is 9.59 Å². The predicted octanol–water partition coefficient (Wildman–Crippen LogP) is 3.09. The molecule has 148 valence electrons. The van der Waals surface area contributed by atoms with Gasteiger partial charge in [-0.15, -0.1) is 0 Å². The number of nitrogens with zero attached hydrogens (tertiary/aromatic N) is 4. The lowest BCUT2D eigenvalue weighted by Crippen LogP contribution is -2.29. The Bertz CT molecular complexity index is 1250. The number of fused-ring (bicyclic) bond motifs is 3. The van der Waals surface area contributed by atoms with Crippen LogP contribution >= 0.6 is 0 Å². The van der Waals surface area contributed by atoms with Gasteiger partial charge < -0.3 is 4.90 Å². The molecule has 7 nitrogen and oxygen atoms in total. The molecule has 1 aliphatic heterocycles. The van der Waals surface area contributed by atoms with E-state index in [-0.39, 0.29) is 11.5 Å². The summed E-state index contributed by atoms with van der Waals surface area (Å²) >= 11 is 0. The summed E-state index contributed by atoms with van der Waals surface area (Å²) in [6.07, 6.45) is 1.56. The molecule has 1 aliphatic rings. The van der Waals surface area contributed by atoms with Crippen LogP contribution in [0.3, 0.4) is 0 Å². The van der Waals surface area contributed by atoms with Crippen molar-refractivity contribution in [1.82, 2.24) is 24.9 Å².